The molecule has 2 amide bonds. The standard InChI is InChI=1S/C30H36F2N4O2S/c31-23-9-2-1-8-22(23)20-28-30(38)36(26-12-5-6-13-27(26)39-28)21-29(37)33-14-7-15-34-16-18-35(19-17-34)25-11-4-3-10-24(25)32/h1-4,8-11,20,26-27H,5-7,12-19,21H2,(H,33,37)/b28-20-. The first kappa shape index (κ1) is 27.6. The summed E-state index contributed by atoms with van der Waals surface area (Å²) in [6.07, 6.45) is 6.46. The van der Waals surface area contributed by atoms with Gasteiger partial charge >= 0.3 is 0 Å². The zero-order valence-corrected chi connectivity index (χ0v) is 23.0. The third kappa shape index (κ3) is 6.81. The number of nitrogens with one attached hydrogen (secondary N) is 1. The molecule has 9 heteroatoms. The molecule has 3 fully saturated rings. The number of benzene rings is 2. The molecule has 2 aliphatic heterocycles. The van der Waals surface area contributed by atoms with Crippen molar-refractivity contribution in [3.8, 4) is 0 Å². The Kier molecular flexibility index (Phi) is 9.19. The average molecular weight is 555 g/mol. The van der Waals surface area contributed by atoms with Gasteiger partial charge in [0.1, 0.15) is 18.2 Å². The molecular formula is C30H36F2N4O2S. The fourth-order valence-electron chi connectivity index (χ4n) is 5.76. The van der Waals surface area contributed by atoms with Crippen LogP contribution in [0, 0.1) is 11.6 Å². The number of hydrogen-bond donors (Lipinski definition) is 1. The van der Waals surface area contributed by atoms with Crippen LogP contribution in [-0.2, 0) is 9.59 Å². The molecule has 2 heterocycles. The Morgan fingerprint density at radius 1 is 0.974 bits per heavy atom. The van der Waals surface area contributed by atoms with Gasteiger partial charge in [0.15, 0.2) is 0 Å². The van der Waals surface area contributed by atoms with E-state index in [1.807, 2.05) is 12.1 Å². The Morgan fingerprint density at radius 2 is 1.69 bits per heavy atom. The van der Waals surface area contributed by atoms with Crippen molar-refractivity contribution in [3.63, 3.8) is 0 Å². The third-order valence-electron chi connectivity index (χ3n) is 7.86. The van der Waals surface area contributed by atoms with Crippen LogP contribution < -0.4 is 10.2 Å². The van der Waals surface area contributed by atoms with Gasteiger partial charge in [-0.1, -0.05) is 43.2 Å². The van der Waals surface area contributed by atoms with Crippen molar-refractivity contribution in [2.75, 3.05) is 50.7 Å². The predicted octanol–water partition coefficient (Wildman–Crippen LogP) is 4.52. The van der Waals surface area contributed by atoms with Gasteiger partial charge in [-0.3, -0.25) is 14.5 Å². The Morgan fingerprint density at radius 3 is 2.46 bits per heavy atom. The molecule has 1 N–H and O–H groups in total. The van der Waals surface area contributed by atoms with Crippen LogP contribution >= 0.6 is 11.8 Å². The molecule has 0 spiro atoms. The number of halogens is 2. The summed E-state index contributed by atoms with van der Waals surface area (Å²) < 4.78 is 28.3. The Bertz CT molecular complexity index is 1200. The largest absolute Gasteiger partial charge is 0.367 e. The second kappa shape index (κ2) is 13.0. The first-order valence-corrected chi connectivity index (χ1v) is 14.8. The summed E-state index contributed by atoms with van der Waals surface area (Å²) in [5, 5.41) is 3.22. The highest BCUT2D eigenvalue weighted by atomic mass is 32.2. The van der Waals surface area contributed by atoms with E-state index in [2.05, 4.69) is 15.1 Å². The van der Waals surface area contributed by atoms with Crippen LogP contribution in [0.4, 0.5) is 14.5 Å². The number of anilines is 1. The fraction of sp³-hybridized carbons (Fsp3) is 0.467. The van der Waals surface area contributed by atoms with Crippen molar-refractivity contribution in [2.24, 2.45) is 0 Å². The van der Waals surface area contributed by atoms with Crippen molar-refractivity contribution in [2.45, 2.75) is 43.4 Å². The van der Waals surface area contributed by atoms with E-state index < -0.39 is 0 Å². The van der Waals surface area contributed by atoms with Crippen molar-refractivity contribution in [1.29, 1.82) is 0 Å². The third-order valence-corrected chi connectivity index (χ3v) is 9.26. The fourth-order valence-corrected chi connectivity index (χ4v) is 7.22. The van der Waals surface area contributed by atoms with E-state index in [1.54, 1.807) is 35.2 Å². The molecule has 2 aromatic carbocycles. The summed E-state index contributed by atoms with van der Waals surface area (Å²) >= 11 is 1.54. The number of amides is 2. The zero-order valence-electron chi connectivity index (χ0n) is 22.2. The first-order chi connectivity index (χ1) is 19.0. The lowest BCUT2D eigenvalue weighted by Crippen LogP contribution is -2.54. The van der Waals surface area contributed by atoms with Gasteiger partial charge in [-0.25, -0.2) is 8.78 Å². The lowest BCUT2D eigenvalue weighted by atomic mass is 9.93. The van der Waals surface area contributed by atoms with Crippen molar-refractivity contribution >= 4 is 35.3 Å². The molecule has 1 saturated carbocycles. The highest BCUT2D eigenvalue weighted by molar-refractivity contribution is 8.04. The maximum Gasteiger partial charge on any atom is 0.261 e. The molecule has 39 heavy (non-hydrogen) atoms. The van der Waals surface area contributed by atoms with E-state index in [0.717, 1.165) is 64.8 Å². The summed E-state index contributed by atoms with van der Waals surface area (Å²) in [6, 6.07) is 13.4. The van der Waals surface area contributed by atoms with Crippen molar-refractivity contribution < 1.29 is 18.4 Å². The van der Waals surface area contributed by atoms with Crippen molar-refractivity contribution in [3.05, 3.63) is 70.6 Å². The minimum atomic E-state index is -0.359. The Hall–Kier alpha value is -2.91. The van der Waals surface area contributed by atoms with Gasteiger partial charge in [0.2, 0.25) is 5.91 Å². The summed E-state index contributed by atoms with van der Waals surface area (Å²) in [7, 11) is 0. The molecule has 2 unspecified atom stereocenters. The second-order valence-electron chi connectivity index (χ2n) is 10.5. The summed E-state index contributed by atoms with van der Waals surface area (Å²) in [5.74, 6) is -0.889. The second-order valence-corrected chi connectivity index (χ2v) is 11.7. The number of thioether (sulfide) groups is 1. The highest BCUT2D eigenvalue weighted by Gasteiger charge is 2.41. The molecule has 1 aliphatic carbocycles. The lowest BCUT2D eigenvalue weighted by molar-refractivity contribution is -0.135. The number of piperazine rings is 1. The topological polar surface area (TPSA) is 55.9 Å². The maximum atomic E-state index is 14.3. The van der Waals surface area contributed by atoms with E-state index in [-0.39, 0.29) is 41.3 Å². The molecule has 3 aliphatic rings. The van der Waals surface area contributed by atoms with Gasteiger partial charge < -0.3 is 15.1 Å². The molecule has 0 bridgehead atoms. The molecule has 2 atom stereocenters. The minimum Gasteiger partial charge on any atom is -0.367 e. The van der Waals surface area contributed by atoms with Crippen LogP contribution in [0.2, 0.25) is 0 Å². The molecule has 208 valence electrons. The molecular weight excluding hydrogens is 518 g/mol. The number of nitrogens with zero attached hydrogens (tertiary/aromatic N) is 3. The molecule has 2 saturated heterocycles. The molecule has 2 aromatic rings. The monoisotopic (exact) mass is 554 g/mol. The quantitative estimate of drug-likeness (QED) is 0.384. The van der Waals surface area contributed by atoms with Gasteiger partial charge in [0, 0.05) is 49.6 Å². The van der Waals surface area contributed by atoms with E-state index in [0.29, 0.717) is 22.7 Å². The van der Waals surface area contributed by atoms with Gasteiger partial charge in [-0.15, -0.1) is 11.8 Å². The van der Waals surface area contributed by atoms with E-state index >= 15 is 0 Å². The number of rotatable bonds is 8. The first-order valence-electron chi connectivity index (χ1n) is 13.9. The van der Waals surface area contributed by atoms with Crippen LogP contribution in [0.3, 0.4) is 0 Å². The summed E-state index contributed by atoms with van der Waals surface area (Å²) in [5.41, 5.74) is 1.05. The maximum absolute atomic E-state index is 14.3. The Labute approximate surface area is 233 Å². The van der Waals surface area contributed by atoms with E-state index in [1.165, 1.54) is 23.9 Å². The van der Waals surface area contributed by atoms with Crippen LogP contribution in [0.1, 0.15) is 37.7 Å². The van der Waals surface area contributed by atoms with Crippen LogP contribution in [-0.4, -0.2) is 78.7 Å². The van der Waals surface area contributed by atoms with Gasteiger partial charge in [0.25, 0.3) is 5.91 Å². The molecule has 5 rings (SSSR count). The summed E-state index contributed by atoms with van der Waals surface area (Å²) in [4.78, 5) is 32.9. The minimum absolute atomic E-state index is 0.0243. The SMILES string of the molecule is O=C(CN1C(=O)/C(=C/c2ccccc2F)SC2CCCCC21)NCCCN1CCN(c2ccccc2F)CC1. The van der Waals surface area contributed by atoms with Gasteiger partial charge in [-0.2, -0.15) is 0 Å². The lowest BCUT2D eigenvalue weighted by Gasteiger charge is -2.43. The molecule has 0 aromatic heterocycles. The van der Waals surface area contributed by atoms with E-state index in [4.69, 9.17) is 0 Å². The normalized spacial score (nSPS) is 23.1. The van der Waals surface area contributed by atoms with Crippen molar-refractivity contribution in [1.82, 2.24) is 15.1 Å². The van der Waals surface area contributed by atoms with Crippen LogP contribution in [0.5, 0.6) is 0 Å². The number of carbonyl (C=O) groups is 2. The Balaban J connectivity index is 1.10. The highest BCUT2D eigenvalue weighted by Crippen LogP contribution is 2.42. The summed E-state index contributed by atoms with van der Waals surface area (Å²) in [6.45, 7) is 4.66. The van der Waals surface area contributed by atoms with Crippen LogP contribution in [0.15, 0.2) is 53.4 Å². The number of hydrogen-bond acceptors (Lipinski definition) is 5. The van der Waals surface area contributed by atoms with E-state index in [9.17, 15) is 18.4 Å². The molecule has 0 radical (unpaired) electrons. The van der Waals surface area contributed by atoms with Gasteiger partial charge in [0.05, 0.1) is 10.6 Å². The average Bonchev–Trinajstić information content (AvgIpc) is 2.95. The van der Waals surface area contributed by atoms with Crippen LogP contribution in [0.25, 0.3) is 6.08 Å². The smallest absolute Gasteiger partial charge is 0.261 e. The number of para-hydroxylation sites is 1. The zero-order chi connectivity index (χ0) is 27.2. The predicted molar refractivity (Wildman–Crippen MR) is 152 cm³/mol. The van der Waals surface area contributed by atoms with Gasteiger partial charge in [-0.05, 0) is 50.1 Å². The number of carbonyl (C=O) groups excluding carboxylic acids is 2. The molecule has 6 nitrogen and oxygen atoms in total. The number of fused-ring (bicyclic) bond motifs is 1.